The third-order valence-corrected chi connectivity index (χ3v) is 6.80. The highest BCUT2D eigenvalue weighted by Gasteiger charge is 2.23. The summed E-state index contributed by atoms with van der Waals surface area (Å²) in [5.74, 6) is 0.192. The standard InChI is InChI=1S/C25H34N8O2/c1-3-20-24(28-17-4-7-19(34)8-5-17)31-25(22(30-20)23(27)35)29-18-6-9-21(16(14-18)15-26)33-12-10-32(2)11-13-33/h6,9,14,17,19,34H,3-5,7-8,10-13H2,1-2H3,(H2,27,35)(H2,28,29,31). The molecule has 2 aliphatic rings. The van der Waals surface area contributed by atoms with Gasteiger partial charge in [0, 0.05) is 37.9 Å². The number of nitrogens with zero attached hydrogens (tertiary/aromatic N) is 5. The Morgan fingerprint density at radius 1 is 1.17 bits per heavy atom. The van der Waals surface area contributed by atoms with Crippen LogP contribution in [-0.4, -0.2) is 71.3 Å². The number of likely N-dealkylation sites (N-methyl/N-ethyl adjacent to an activating group) is 1. The zero-order valence-electron chi connectivity index (χ0n) is 20.4. The van der Waals surface area contributed by atoms with E-state index in [-0.39, 0.29) is 23.7 Å². The van der Waals surface area contributed by atoms with Crippen molar-refractivity contribution >= 4 is 28.9 Å². The molecule has 2 fully saturated rings. The first-order valence-electron chi connectivity index (χ1n) is 12.3. The minimum absolute atomic E-state index is 0.0631. The summed E-state index contributed by atoms with van der Waals surface area (Å²) in [4.78, 5) is 25.9. The SMILES string of the molecule is CCc1nc(C(N)=O)c(Nc2ccc(N3CCN(C)CC3)c(C#N)c2)nc1NC1CCC(O)CC1. The Morgan fingerprint density at radius 2 is 1.89 bits per heavy atom. The maximum absolute atomic E-state index is 12.2. The molecule has 1 aliphatic carbocycles. The van der Waals surface area contributed by atoms with Gasteiger partial charge in [0.05, 0.1) is 23.0 Å². The van der Waals surface area contributed by atoms with Crippen molar-refractivity contribution in [2.24, 2.45) is 5.73 Å². The molecule has 0 spiro atoms. The molecule has 1 saturated heterocycles. The van der Waals surface area contributed by atoms with Crippen LogP contribution in [0, 0.1) is 11.3 Å². The zero-order chi connectivity index (χ0) is 24.9. The van der Waals surface area contributed by atoms with Gasteiger partial charge in [-0.05, 0) is 57.4 Å². The van der Waals surface area contributed by atoms with Crippen LogP contribution in [0.2, 0.25) is 0 Å². The Labute approximate surface area is 206 Å². The number of aryl methyl sites for hydroxylation is 1. The van der Waals surface area contributed by atoms with Crippen LogP contribution in [0.1, 0.15) is 54.4 Å². The maximum Gasteiger partial charge on any atom is 0.271 e. The van der Waals surface area contributed by atoms with Crippen LogP contribution >= 0.6 is 0 Å². The number of benzene rings is 1. The zero-order valence-corrected chi connectivity index (χ0v) is 20.4. The number of hydrogen-bond acceptors (Lipinski definition) is 9. The number of carbonyl (C=O) groups is 1. The number of aliphatic hydroxyl groups is 1. The van der Waals surface area contributed by atoms with Crippen molar-refractivity contribution in [2.75, 3.05) is 48.8 Å². The van der Waals surface area contributed by atoms with Gasteiger partial charge in [-0.1, -0.05) is 6.92 Å². The van der Waals surface area contributed by atoms with E-state index in [1.54, 1.807) is 6.07 Å². The number of piperazine rings is 1. The molecule has 1 aromatic carbocycles. The minimum Gasteiger partial charge on any atom is -0.393 e. The van der Waals surface area contributed by atoms with E-state index in [1.807, 2.05) is 19.1 Å². The summed E-state index contributed by atoms with van der Waals surface area (Å²) in [5.41, 5.74) is 8.45. The number of hydrogen-bond donors (Lipinski definition) is 4. The fraction of sp³-hybridized carbons (Fsp3) is 0.520. The average molecular weight is 479 g/mol. The lowest BCUT2D eigenvalue weighted by Gasteiger charge is -2.34. The molecule has 2 aromatic rings. The van der Waals surface area contributed by atoms with Crippen LogP contribution in [0.5, 0.6) is 0 Å². The summed E-state index contributed by atoms with van der Waals surface area (Å²) in [5, 5.41) is 26.2. The van der Waals surface area contributed by atoms with Crippen LogP contribution in [-0.2, 0) is 6.42 Å². The first kappa shape index (κ1) is 24.7. The van der Waals surface area contributed by atoms with Crippen LogP contribution in [0.3, 0.4) is 0 Å². The summed E-state index contributed by atoms with van der Waals surface area (Å²) in [6.45, 7) is 5.57. The average Bonchev–Trinajstić information content (AvgIpc) is 2.86. The molecule has 5 N–H and O–H groups in total. The highest BCUT2D eigenvalue weighted by atomic mass is 16.3. The van der Waals surface area contributed by atoms with Gasteiger partial charge in [0.15, 0.2) is 11.5 Å². The summed E-state index contributed by atoms with van der Waals surface area (Å²) in [6, 6.07) is 8.05. The fourth-order valence-electron chi connectivity index (χ4n) is 4.67. The van der Waals surface area contributed by atoms with Gasteiger partial charge in [0.1, 0.15) is 11.9 Å². The summed E-state index contributed by atoms with van der Waals surface area (Å²) < 4.78 is 0. The predicted octanol–water partition coefficient (Wildman–Crippen LogP) is 2.22. The number of anilines is 4. The Morgan fingerprint density at radius 3 is 2.51 bits per heavy atom. The van der Waals surface area contributed by atoms with E-state index in [4.69, 9.17) is 10.7 Å². The normalized spacial score (nSPS) is 20.8. The van der Waals surface area contributed by atoms with Gasteiger partial charge in [-0.15, -0.1) is 0 Å². The Kier molecular flexibility index (Phi) is 7.68. The van der Waals surface area contributed by atoms with E-state index in [0.29, 0.717) is 29.2 Å². The second kappa shape index (κ2) is 10.9. The summed E-state index contributed by atoms with van der Waals surface area (Å²) >= 11 is 0. The van der Waals surface area contributed by atoms with Crippen molar-refractivity contribution in [3.63, 3.8) is 0 Å². The molecule has 1 saturated carbocycles. The Bertz CT molecular complexity index is 1100. The number of primary amides is 1. The lowest BCUT2D eigenvalue weighted by atomic mass is 9.93. The van der Waals surface area contributed by atoms with E-state index in [2.05, 4.69) is 38.5 Å². The van der Waals surface area contributed by atoms with Crippen LogP contribution < -0.4 is 21.3 Å². The quantitative estimate of drug-likeness (QED) is 0.471. The monoisotopic (exact) mass is 478 g/mol. The van der Waals surface area contributed by atoms with Crippen molar-refractivity contribution in [3.05, 3.63) is 35.2 Å². The number of aliphatic hydroxyl groups excluding tert-OH is 1. The Hall–Kier alpha value is -3.42. The van der Waals surface area contributed by atoms with Gasteiger partial charge >= 0.3 is 0 Å². The molecule has 35 heavy (non-hydrogen) atoms. The second-order valence-corrected chi connectivity index (χ2v) is 9.34. The largest absolute Gasteiger partial charge is 0.393 e. The van der Waals surface area contributed by atoms with Gasteiger partial charge in [-0.25, -0.2) is 9.97 Å². The molecule has 1 aromatic heterocycles. The molecule has 0 atom stereocenters. The summed E-state index contributed by atoms with van der Waals surface area (Å²) in [7, 11) is 2.09. The molecule has 1 aliphatic heterocycles. The van der Waals surface area contributed by atoms with Crippen molar-refractivity contribution in [2.45, 2.75) is 51.2 Å². The molecule has 0 unspecified atom stereocenters. The molecule has 0 radical (unpaired) electrons. The van der Waals surface area contributed by atoms with E-state index in [1.165, 1.54) is 0 Å². The number of carbonyl (C=O) groups excluding carboxylic acids is 1. The fourth-order valence-corrected chi connectivity index (χ4v) is 4.67. The maximum atomic E-state index is 12.2. The van der Waals surface area contributed by atoms with Crippen LogP contribution in [0.15, 0.2) is 18.2 Å². The van der Waals surface area contributed by atoms with Gasteiger partial charge < -0.3 is 31.3 Å². The minimum atomic E-state index is -0.670. The third kappa shape index (κ3) is 5.81. The van der Waals surface area contributed by atoms with Crippen molar-refractivity contribution in [1.82, 2.24) is 14.9 Å². The molecule has 4 rings (SSSR count). The van der Waals surface area contributed by atoms with E-state index < -0.39 is 5.91 Å². The van der Waals surface area contributed by atoms with Gasteiger partial charge in [-0.2, -0.15) is 5.26 Å². The predicted molar refractivity (Wildman–Crippen MR) is 136 cm³/mol. The molecular formula is C25H34N8O2. The van der Waals surface area contributed by atoms with E-state index >= 15 is 0 Å². The first-order chi connectivity index (χ1) is 16.9. The summed E-state index contributed by atoms with van der Waals surface area (Å²) in [6.07, 6.45) is 3.50. The van der Waals surface area contributed by atoms with Crippen molar-refractivity contribution < 1.29 is 9.90 Å². The van der Waals surface area contributed by atoms with Crippen molar-refractivity contribution in [1.29, 1.82) is 5.26 Å². The van der Waals surface area contributed by atoms with Crippen LogP contribution in [0.4, 0.5) is 23.0 Å². The lowest BCUT2D eigenvalue weighted by Crippen LogP contribution is -2.44. The number of rotatable bonds is 7. The number of nitrogens with two attached hydrogens (primary N) is 1. The van der Waals surface area contributed by atoms with Gasteiger partial charge in [0.2, 0.25) is 0 Å². The molecule has 0 bridgehead atoms. The molecule has 10 nitrogen and oxygen atoms in total. The highest BCUT2D eigenvalue weighted by molar-refractivity contribution is 5.96. The number of nitriles is 1. The molecule has 1 amide bonds. The third-order valence-electron chi connectivity index (χ3n) is 6.80. The molecular weight excluding hydrogens is 444 g/mol. The van der Waals surface area contributed by atoms with Gasteiger partial charge in [-0.3, -0.25) is 4.79 Å². The number of amides is 1. The van der Waals surface area contributed by atoms with Crippen LogP contribution in [0.25, 0.3) is 0 Å². The molecule has 10 heteroatoms. The molecule has 2 heterocycles. The lowest BCUT2D eigenvalue weighted by molar-refractivity contribution is 0.0996. The van der Waals surface area contributed by atoms with E-state index in [9.17, 15) is 15.2 Å². The Balaban J connectivity index is 1.61. The van der Waals surface area contributed by atoms with Gasteiger partial charge in [0.25, 0.3) is 5.91 Å². The van der Waals surface area contributed by atoms with Crippen molar-refractivity contribution in [3.8, 4) is 6.07 Å². The molecule has 186 valence electrons. The van der Waals surface area contributed by atoms with E-state index in [0.717, 1.165) is 57.5 Å². The highest BCUT2D eigenvalue weighted by Crippen LogP contribution is 2.29. The number of nitrogens with one attached hydrogen (secondary N) is 2. The smallest absolute Gasteiger partial charge is 0.271 e. The second-order valence-electron chi connectivity index (χ2n) is 9.34. The first-order valence-corrected chi connectivity index (χ1v) is 12.3. The topological polar surface area (TPSA) is 143 Å². The number of aromatic nitrogens is 2.